The number of benzene rings is 1. The van der Waals surface area contributed by atoms with Gasteiger partial charge in [-0.25, -0.2) is 8.78 Å². The fourth-order valence-corrected chi connectivity index (χ4v) is 3.54. The first-order valence-electron chi connectivity index (χ1n) is 7.90. The molecule has 0 bridgehead atoms. The lowest BCUT2D eigenvalue weighted by molar-refractivity contribution is 0.381. The molecule has 2 heterocycles. The monoisotopic (exact) mass is 327 g/mol. The zero-order valence-corrected chi connectivity index (χ0v) is 12.9. The molecule has 0 amide bonds. The number of hydrogen-bond donors (Lipinski definition) is 0. The van der Waals surface area contributed by atoms with Crippen LogP contribution >= 0.6 is 0 Å². The number of hydrogen-bond acceptors (Lipinski definition) is 4. The highest BCUT2D eigenvalue weighted by atomic mass is 19.1. The Morgan fingerprint density at radius 1 is 1.00 bits per heavy atom. The van der Waals surface area contributed by atoms with Crippen molar-refractivity contribution in [1.29, 1.82) is 0 Å². The van der Waals surface area contributed by atoms with Crippen LogP contribution in [0.2, 0.25) is 0 Å². The summed E-state index contributed by atoms with van der Waals surface area (Å²) in [5.41, 5.74) is -0.154. The summed E-state index contributed by atoms with van der Waals surface area (Å²) in [6, 6.07) is 7.49. The minimum atomic E-state index is -0.876. The third kappa shape index (κ3) is 2.29. The standard InChI is InChI=1S/C18H15F2N3O/c19-13-6-3-7-14(20)15(13)18(8-1-2-9-18)17-22-16(24-23-17)12-5-4-10-21-11-12/h3-7,10-11H,1-2,8-9H2. The fourth-order valence-electron chi connectivity index (χ4n) is 3.54. The van der Waals surface area contributed by atoms with Crippen molar-refractivity contribution >= 4 is 0 Å². The minimum Gasteiger partial charge on any atom is -0.334 e. The van der Waals surface area contributed by atoms with E-state index in [0.717, 1.165) is 12.8 Å². The van der Waals surface area contributed by atoms with Gasteiger partial charge in [0.15, 0.2) is 5.82 Å². The molecule has 0 atom stereocenters. The molecule has 6 heteroatoms. The third-order valence-corrected chi connectivity index (χ3v) is 4.66. The van der Waals surface area contributed by atoms with Crippen LogP contribution in [0.3, 0.4) is 0 Å². The number of aromatic nitrogens is 3. The largest absolute Gasteiger partial charge is 0.334 e. The van der Waals surface area contributed by atoms with Crippen LogP contribution < -0.4 is 0 Å². The number of pyridine rings is 1. The van der Waals surface area contributed by atoms with Crippen molar-refractivity contribution in [3.8, 4) is 11.5 Å². The highest BCUT2D eigenvalue weighted by Crippen LogP contribution is 2.47. The summed E-state index contributed by atoms with van der Waals surface area (Å²) in [6.07, 6.45) is 6.18. The molecule has 4 nitrogen and oxygen atoms in total. The van der Waals surface area contributed by atoms with Crippen LogP contribution in [-0.2, 0) is 5.41 Å². The predicted molar refractivity (Wildman–Crippen MR) is 83.1 cm³/mol. The van der Waals surface area contributed by atoms with Gasteiger partial charge in [0.1, 0.15) is 11.6 Å². The molecule has 1 aliphatic carbocycles. The molecule has 2 aromatic heterocycles. The highest BCUT2D eigenvalue weighted by molar-refractivity contribution is 5.51. The first-order valence-corrected chi connectivity index (χ1v) is 7.90. The summed E-state index contributed by atoms with van der Waals surface area (Å²) in [7, 11) is 0. The smallest absolute Gasteiger partial charge is 0.259 e. The van der Waals surface area contributed by atoms with Crippen molar-refractivity contribution < 1.29 is 13.3 Å². The maximum atomic E-state index is 14.4. The molecule has 0 radical (unpaired) electrons. The van der Waals surface area contributed by atoms with Crippen molar-refractivity contribution in [2.24, 2.45) is 0 Å². The molecular formula is C18H15F2N3O. The molecule has 1 aromatic carbocycles. The van der Waals surface area contributed by atoms with E-state index < -0.39 is 17.0 Å². The molecule has 1 fully saturated rings. The number of halogens is 2. The summed E-state index contributed by atoms with van der Waals surface area (Å²) < 4.78 is 34.2. The molecule has 1 saturated carbocycles. The fraction of sp³-hybridized carbons (Fsp3) is 0.278. The van der Waals surface area contributed by atoms with Gasteiger partial charge in [-0.15, -0.1) is 0 Å². The SMILES string of the molecule is Fc1cccc(F)c1C1(c2noc(-c3cccnc3)n2)CCCC1. The molecule has 0 saturated heterocycles. The van der Waals surface area contributed by atoms with Gasteiger partial charge in [0.2, 0.25) is 0 Å². The molecule has 1 aliphatic rings. The Balaban J connectivity index is 1.84. The van der Waals surface area contributed by atoms with E-state index >= 15 is 0 Å². The summed E-state index contributed by atoms with van der Waals surface area (Å²) >= 11 is 0. The second-order valence-corrected chi connectivity index (χ2v) is 6.05. The highest BCUT2D eigenvalue weighted by Gasteiger charge is 2.45. The van der Waals surface area contributed by atoms with E-state index in [1.807, 2.05) is 0 Å². The Labute approximate surface area is 137 Å². The van der Waals surface area contributed by atoms with E-state index in [4.69, 9.17) is 4.52 Å². The molecule has 0 spiro atoms. The molecule has 24 heavy (non-hydrogen) atoms. The quantitative estimate of drug-likeness (QED) is 0.721. The first-order chi connectivity index (χ1) is 11.7. The van der Waals surface area contributed by atoms with E-state index in [2.05, 4.69) is 15.1 Å². The molecule has 0 N–H and O–H groups in total. The second-order valence-electron chi connectivity index (χ2n) is 6.05. The summed E-state index contributed by atoms with van der Waals surface area (Å²) in [6.45, 7) is 0. The van der Waals surface area contributed by atoms with Crippen LogP contribution in [0, 0.1) is 11.6 Å². The summed E-state index contributed by atoms with van der Waals surface area (Å²) in [5.74, 6) is -0.488. The van der Waals surface area contributed by atoms with E-state index in [1.165, 1.54) is 18.2 Å². The molecule has 3 aromatic rings. The lowest BCUT2D eigenvalue weighted by atomic mass is 9.77. The number of rotatable bonds is 3. The zero-order valence-electron chi connectivity index (χ0n) is 12.9. The van der Waals surface area contributed by atoms with Crippen LogP contribution in [0.4, 0.5) is 8.78 Å². The van der Waals surface area contributed by atoms with E-state index in [1.54, 1.807) is 24.5 Å². The Morgan fingerprint density at radius 2 is 1.75 bits per heavy atom. The zero-order chi connectivity index (χ0) is 16.6. The summed E-state index contributed by atoms with van der Waals surface area (Å²) in [4.78, 5) is 8.47. The van der Waals surface area contributed by atoms with Gasteiger partial charge in [-0.05, 0) is 37.1 Å². The van der Waals surface area contributed by atoms with Crippen molar-refractivity contribution in [2.45, 2.75) is 31.1 Å². The molecule has 4 rings (SSSR count). The Kier molecular flexibility index (Phi) is 3.59. The van der Waals surface area contributed by atoms with Crippen LogP contribution in [0.1, 0.15) is 37.1 Å². The van der Waals surface area contributed by atoms with Crippen LogP contribution in [0.25, 0.3) is 11.5 Å². The molecule has 122 valence electrons. The van der Waals surface area contributed by atoms with Crippen molar-refractivity contribution in [3.05, 3.63) is 65.7 Å². The topological polar surface area (TPSA) is 51.8 Å². The molecule has 0 unspecified atom stereocenters. The Bertz CT molecular complexity index is 837. The maximum Gasteiger partial charge on any atom is 0.259 e. The first kappa shape index (κ1) is 14.9. The molecule has 0 aliphatic heterocycles. The van der Waals surface area contributed by atoms with Gasteiger partial charge in [0.25, 0.3) is 5.89 Å². The van der Waals surface area contributed by atoms with E-state index in [0.29, 0.717) is 30.1 Å². The Hall–Kier alpha value is -2.63. The van der Waals surface area contributed by atoms with E-state index in [9.17, 15) is 8.78 Å². The Morgan fingerprint density at radius 3 is 2.42 bits per heavy atom. The average molecular weight is 327 g/mol. The van der Waals surface area contributed by atoms with Crippen LogP contribution in [0.5, 0.6) is 0 Å². The van der Waals surface area contributed by atoms with Gasteiger partial charge in [-0.3, -0.25) is 4.98 Å². The lowest BCUT2D eigenvalue weighted by Gasteiger charge is -2.26. The van der Waals surface area contributed by atoms with Gasteiger partial charge in [0.05, 0.1) is 11.0 Å². The van der Waals surface area contributed by atoms with Gasteiger partial charge in [-0.1, -0.05) is 24.1 Å². The van der Waals surface area contributed by atoms with Crippen molar-refractivity contribution in [2.75, 3.05) is 0 Å². The normalized spacial score (nSPS) is 16.4. The second kappa shape index (κ2) is 5.78. The van der Waals surface area contributed by atoms with Gasteiger partial charge < -0.3 is 4.52 Å². The van der Waals surface area contributed by atoms with Gasteiger partial charge >= 0.3 is 0 Å². The maximum absolute atomic E-state index is 14.4. The number of nitrogens with zero attached hydrogens (tertiary/aromatic N) is 3. The lowest BCUT2D eigenvalue weighted by Crippen LogP contribution is -2.28. The third-order valence-electron chi connectivity index (χ3n) is 4.66. The minimum absolute atomic E-state index is 0.0426. The van der Waals surface area contributed by atoms with Gasteiger partial charge in [0, 0.05) is 18.0 Å². The average Bonchev–Trinajstić information content (AvgIpc) is 3.26. The van der Waals surface area contributed by atoms with E-state index in [-0.39, 0.29) is 5.56 Å². The molecular weight excluding hydrogens is 312 g/mol. The van der Waals surface area contributed by atoms with Crippen molar-refractivity contribution in [1.82, 2.24) is 15.1 Å². The van der Waals surface area contributed by atoms with Gasteiger partial charge in [-0.2, -0.15) is 4.98 Å². The predicted octanol–water partition coefficient (Wildman–Crippen LogP) is 4.27. The van der Waals surface area contributed by atoms with Crippen LogP contribution in [0.15, 0.2) is 47.2 Å². The summed E-state index contributed by atoms with van der Waals surface area (Å²) in [5, 5.41) is 4.06. The van der Waals surface area contributed by atoms with Crippen molar-refractivity contribution in [3.63, 3.8) is 0 Å². The van der Waals surface area contributed by atoms with Crippen LogP contribution in [-0.4, -0.2) is 15.1 Å².